The van der Waals surface area contributed by atoms with Gasteiger partial charge in [-0.1, -0.05) is 30.4 Å². The Bertz CT molecular complexity index is 896. The highest BCUT2D eigenvalue weighted by Crippen LogP contribution is 2.48. The second kappa shape index (κ2) is 4.94. The van der Waals surface area contributed by atoms with Crippen LogP contribution in [-0.4, -0.2) is 23.2 Å². The molecule has 2 aliphatic heterocycles. The Morgan fingerprint density at radius 3 is 2.79 bits per heavy atom. The number of aromatic nitrogens is 2. The zero-order chi connectivity index (χ0) is 16.3. The highest BCUT2D eigenvalue weighted by molar-refractivity contribution is 5.86. The lowest BCUT2D eigenvalue weighted by molar-refractivity contribution is 0.699. The minimum atomic E-state index is 0.318. The van der Waals surface area contributed by atoms with Crippen LogP contribution in [0.4, 0.5) is 17.2 Å². The van der Waals surface area contributed by atoms with Gasteiger partial charge in [0, 0.05) is 24.7 Å². The number of rotatable bonds is 1. The minimum Gasteiger partial charge on any atom is -0.337 e. The molecular weight excluding hydrogens is 296 g/mol. The van der Waals surface area contributed by atoms with Crippen LogP contribution in [0.5, 0.6) is 0 Å². The Kier molecular flexibility index (Phi) is 2.84. The van der Waals surface area contributed by atoms with E-state index in [2.05, 4.69) is 60.2 Å². The largest absolute Gasteiger partial charge is 0.337 e. The number of benzene rings is 1. The average Bonchev–Trinajstić information content (AvgIpc) is 3.12. The molecule has 120 valence electrons. The van der Waals surface area contributed by atoms with E-state index in [1.807, 2.05) is 6.20 Å². The summed E-state index contributed by atoms with van der Waals surface area (Å²) in [5.41, 5.74) is 6.28. The van der Waals surface area contributed by atoms with Crippen LogP contribution in [0, 0.1) is 0 Å². The van der Waals surface area contributed by atoms with Gasteiger partial charge in [0.05, 0.1) is 6.20 Å². The summed E-state index contributed by atoms with van der Waals surface area (Å²) in [5.74, 6) is 1.89. The number of anilines is 3. The quantitative estimate of drug-likeness (QED) is 0.794. The minimum absolute atomic E-state index is 0.318. The first-order chi connectivity index (χ1) is 11.7. The highest BCUT2D eigenvalue weighted by Gasteiger charge is 2.41. The molecule has 1 aromatic heterocycles. The van der Waals surface area contributed by atoms with Gasteiger partial charge in [0.1, 0.15) is 11.9 Å². The summed E-state index contributed by atoms with van der Waals surface area (Å²) in [6.07, 6.45) is 10.1. The SMILES string of the molecule is CC1=CCCC=C1c1ncc2c(n1)N(C)C1Cc3ccccc3N21. The molecule has 0 N–H and O–H groups in total. The first-order valence-electron chi connectivity index (χ1n) is 8.59. The molecule has 0 saturated heterocycles. The van der Waals surface area contributed by atoms with Crippen molar-refractivity contribution in [2.24, 2.45) is 0 Å². The van der Waals surface area contributed by atoms with Crippen LogP contribution in [-0.2, 0) is 6.42 Å². The van der Waals surface area contributed by atoms with Crippen LogP contribution < -0.4 is 9.80 Å². The molecule has 0 spiro atoms. The number of allylic oxidation sites excluding steroid dienone is 4. The van der Waals surface area contributed by atoms with Crippen LogP contribution >= 0.6 is 0 Å². The second-order valence-electron chi connectivity index (χ2n) is 6.78. The van der Waals surface area contributed by atoms with Gasteiger partial charge in [-0.3, -0.25) is 0 Å². The maximum Gasteiger partial charge on any atom is 0.161 e. The standard InChI is InChI=1S/C20H20N4/c1-13-7-3-5-9-15(13)19-21-12-17-20(22-19)23(2)18-11-14-8-4-6-10-16(14)24(17)18/h4,6-10,12,18H,3,5,11H2,1-2H3. The van der Waals surface area contributed by atoms with Crippen molar-refractivity contribution in [3.63, 3.8) is 0 Å². The molecule has 2 aromatic rings. The Hall–Kier alpha value is -2.62. The van der Waals surface area contributed by atoms with Gasteiger partial charge in [-0.2, -0.15) is 0 Å². The van der Waals surface area contributed by atoms with Crippen molar-refractivity contribution in [2.75, 3.05) is 16.8 Å². The van der Waals surface area contributed by atoms with E-state index in [-0.39, 0.29) is 0 Å². The van der Waals surface area contributed by atoms with E-state index in [9.17, 15) is 0 Å². The number of hydrogen-bond donors (Lipinski definition) is 0. The number of nitrogens with zero attached hydrogens (tertiary/aromatic N) is 4. The van der Waals surface area contributed by atoms with Gasteiger partial charge in [-0.05, 0) is 37.0 Å². The van der Waals surface area contributed by atoms with E-state index in [4.69, 9.17) is 9.97 Å². The van der Waals surface area contributed by atoms with Crippen molar-refractivity contribution in [3.05, 3.63) is 59.6 Å². The highest BCUT2D eigenvalue weighted by atomic mass is 15.4. The molecule has 0 fully saturated rings. The van der Waals surface area contributed by atoms with Crippen LogP contribution in [0.2, 0.25) is 0 Å². The van der Waals surface area contributed by atoms with Gasteiger partial charge in [0.15, 0.2) is 11.6 Å². The molecular formula is C20H20N4. The number of fused-ring (bicyclic) bond motifs is 5. The summed E-state index contributed by atoms with van der Waals surface area (Å²) >= 11 is 0. The van der Waals surface area contributed by atoms with Gasteiger partial charge in [0.2, 0.25) is 0 Å². The van der Waals surface area contributed by atoms with E-state index >= 15 is 0 Å². The third kappa shape index (κ3) is 1.80. The van der Waals surface area contributed by atoms with E-state index in [1.165, 1.54) is 22.4 Å². The van der Waals surface area contributed by atoms with Crippen LogP contribution in [0.15, 0.2) is 48.2 Å². The lowest BCUT2D eigenvalue weighted by Gasteiger charge is -2.22. The zero-order valence-corrected chi connectivity index (χ0v) is 14.0. The maximum absolute atomic E-state index is 4.93. The summed E-state index contributed by atoms with van der Waals surface area (Å²) in [7, 11) is 2.14. The van der Waals surface area contributed by atoms with Crippen molar-refractivity contribution in [1.29, 1.82) is 0 Å². The third-order valence-corrected chi connectivity index (χ3v) is 5.37. The molecule has 1 aromatic carbocycles. The lowest BCUT2D eigenvalue weighted by atomic mass is 9.98. The summed E-state index contributed by atoms with van der Waals surface area (Å²) < 4.78 is 0. The Balaban J connectivity index is 1.61. The number of likely N-dealkylation sites (N-methyl/N-ethyl adjacent to an activating group) is 1. The molecule has 1 unspecified atom stereocenters. The summed E-state index contributed by atoms with van der Waals surface area (Å²) in [5, 5.41) is 0. The molecule has 0 saturated carbocycles. The van der Waals surface area contributed by atoms with Crippen LogP contribution in [0.3, 0.4) is 0 Å². The smallest absolute Gasteiger partial charge is 0.161 e. The fourth-order valence-corrected chi connectivity index (χ4v) is 4.10. The summed E-state index contributed by atoms with van der Waals surface area (Å²) in [6, 6.07) is 8.64. The molecule has 0 bridgehead atoms. The van der Waals surface area contributed by atoms with Crippen LogP contribution in [0.25, 0.3) is 5.57 Å². The van der Waals surface area contributed by atoms with Crippen molar-refractivity contribution < 1.29 is 0 Å². The molecule has 5 rings (SSSR count). The number of hydrogen-bond acceptors (Lipinski definition) is 4. The maximum atomic E-state index is 4.93. The fourth-order valence-electron chi connectivity index (χ4n) is 4.10. The van der Waals surface area contributed by atoms with Gasteiger partial charge in [-0.25, -0.2) is 9.97 Å². The van der Waals surface area contributed by atoms with E-state index in [1.54, 1.807) is 0 Å². The van der Waals surface area contributed by atoms with Crippen molar-refractivity contribution in [3.8, 4) is 0 Å². The Morgan fingerprint density at radius 2 is 1.92 bits per heavy atom. The van der Waals surface area contributed by atoms with Gasteiger partial charge in [0.25, 0.3) is 0 Å². The predicted molar refractivity (Wildman–Crippen MR) is 97.5 cm³/mol. The second-order valence-corrected chi connectivity index (χ2v) is 6.78. The average molecular weight is 316 g/mol. The first-order valence-corrected chi connectivity index (χ1v) is 8.59. The summed E-state index contributed by atoms with van der Waals surface area (Å²) in [6.45, 7) is 2.15. The van der Waals surface area contributed by atoms with Crippen molar-refractivity contribution in [1.82, 2.24) is 9.97 Å². The molecule has 1 atom stereocenters. The van der Waals surface area contributed by atoms with Gasteiger partial charge in [-0.15, -0.1) is 0 Å². The fraction of sp³-hybridized carbons (Fsp3) is 0.300. The third-order valence-electron chi connectivity index (χ3n) is 5.37. The van der Waals surface area contributed by atoms with Crippen LogP contribution in [0.1, 0.15) is 31.2 Å². The molecule has 0 radical (unpaired) electrons. The summed E-state index contributed by atoms with van der Waals surface area (Å²) in [4.78, 5) is 14.3. The molecule has 1 aliphatic carbocycles. The Labute approximate surface area is 142 Å². The van der Waals surface area contributed by atoms with E-state index in [0.29, 0.717) is 6.17 Å². The predicted octanol–water partition coefficient (Wildman–Crippen LogP) is 4.07. The zero-order valence-electron chi connectivity index (χ0n) is 14.0. The normalized spacial score (nSPS) is 21.2. The first kappa shape index (κ1) is 13.8. The topological polar surface area (TPSA) is 32.3 Å². The lowest BCUT2D eigenvalue weighted by Crippen LogP contribution is -2.36. The monoisotopic (exact) mass is 316 g/mol. The molecule has 24 heavy (non-hydrogen) atoms. The van der Waals surface area contributed by atoms with Gasteiger partial charge < -0.3 is 9.80 Å². The molecule has 0 amide bonds. The van der Waals surface area contributed by atoms with Crippen molar-refractivity contribution >= 4 is 22.8 Å². The molecule has 3 aliphatic rings. The van der Waals surface area contributed by atoms with E-state index in [0.717, 1.165) is 36.6 Å². The molecule has 4 heteroatoms. The molecule has 4 nitrogen and oxygen atoms in total. The number of para-hydroxylation sites is 1. The van der Waals surface area contributed by atoms with Gasteiger partial charge >= 0.3 is 0 Å². The van der Waals surface area contributed by atoms with E-state index < -0.39 is 0 Å². The molecule has 3 heterocycles. The Morgan fingerprint density at radius 1 is 1.08 bits per heavy atom. The van der Waals surface area contributed by atoms with Crippen molar-refractivity contribution in [2.45, 2.75) is 32.4 Å².